The van der Waals surface area contributed by atoms with Gasteiger partial charge in [-0.25, -0.2) is 9.97 Å². The molecule has 0 spiro atoms. The summed E-state index contributed by atoms with van der Waals surface area (Å²) in [6, 6.07) is 13.2. The summed E-state index contributed by atoms with van der Waals surface area (Å²) in [5.74, 6) is -0.664. The van der Waals surface area contributed by atoms with Crippen LogP contribution < -0.4 is 10.6 Å². The summed E-state index contributed by atoms with van der Waals surface area (Å²) in [5, 5.41) is 28.4. The summed E-state index contributed by atoms with van der Waals surface area (Å²) < 4.78 is 0. The number of amides is 2. The summed E-state index contributed by atoms with van der Waals surface area (Å²) in [5.41, 5.74) is 2.72. The SMILES string of the molecule is O=C(CSc1nc2ccc([N+](=O)[O-])cc2[nH]1)Nc1ccc(NC(=O)CSc2nc3ccc([N+](=O)[O-])cc3[nH]2)c(Cl)c1. The largest absolute Gasteiger partial charge is 0.333 e. The number of fused-ring (bicyclic) bond motifs is 2. The van der Waals surface area contributed by atoms with Gasteiger partial charge in [-0.3, -0.25) is 29.8 Å². The van der Waals surface area contributed by atoms with Gasteiger partial charge >= 0.3 is 0 Å². The van der Waals surface area contributed by atoms with Crippen molar-refractivity contribution >= 4 is 91.8 Å². The van der Waals surface area contributed by atoms with E-state index in [1.807, 2.05) is 0 Å². The van der Waals surface area contributed by atoms with Crippen LogP contribution >= 0.6 is 35.1 Å². The normalized spacial score (nSPS) is 11.0. The first-order chi connectivity index (χ1) is 19.6. The van der Waals surface area contributed by atoms with Gasteiger partial charge < -0.3 is 20.6 Å². The van der Waals surface area contributed by atoms with Crippen LogP contribution in [-0.2, 0) is 9.59 Å². The van der Waals surface area contributed by atoms with Crippen molar-refractivity contribution in [3.8, 4) is 0 Å². The van der Waals surface area contributed by atoms with Gasteiger partial charge in [-0.1, -0.05) is 35.1 Å². The smallest absolute Gasteiger partial charge is 0.271 e. The van der Waals surface area contributed by atoms with Crippen molar-refractivity contribution in [2.75, 3.05) is 22.1 Å². The fourth-order valence-corrected chi connectivity index (χ4v) is 5.26. The number of carbonyl (C=O) groups is 2. The number of nitrogens with zero attached hydrogens (tertiary/aromatic N) is 4. The lowest BCUT2D eigenvalue weighted by Crippen LogP contribution is -2.16. The van der Waals surface area contributed by atoms with Crippen LogP contribution in [0.5, 0.6) is 0 Å². The van der Waals surface area contributed by atoms with E-state index in [-0.39, 0.29) is 39.7 Å². The Balaban J connectivity index is 1.12. The number of hydrogen-bond acceptors (Lipinski definition) is 10. The van der Waals surface area contributed by atoms with Crippen molar-refractivity contribution in [1.82, 2.24) is 19.9 Å². The summed E-state index contributed by atoms with van der Waals surface area (Å²) in [6.07, 6.45) is 0. The third-order valence-corrected chi connectivity index (χ3v) is 7.58. The van der Waals surface area contributed by atoms with Crippen LogP contribution in [0, 0.1) is 20.2 Å². The third-order valence-electron chi connectivity index (χ3n) is 5.52. The number of imidazole rings is 2. The molecule has 0 atom stereocenters. The Kier molecular flexibility index (Phi) is 8.04. The van der Waals surface area contributed by atoms with E-state index in [4.69, 9.17) is 11.6 Å². The van der Waals surface area contributed by atoms with Gasteiger partial charge in [0.1, 0.15) is 0 Å². The summed E-state index contributed by atoms with van der Waals surface area (Å²) in [6.45, 7) is 0. The molecule has 2 aromatic heterocycles. The maximum atomic E-state index is 12.5. The van der Waals surface area contributed by atoms with Gasteiger partial charge in [0.25, 0.3) is 11.4 Å². The highest BCUT2D eigenvalue weighted by molar-refractivity contribution is 8.00. The molecule has 5 aromatic rings. The Morgan fingerprint density at radius 2 is 1.29 bits per heavy atom. The fraction of sp³-hybridized carbons (Fsp3) is 0.0833. The van der Waals surface area contributed by atoms with Gasteiger partial charge in [-0.2, -0.15) is 0 Å². The van der Waals surface area contributed by atoms with Crippen LogP contribution in [0.1, 0.15) is 0 Å². The topological polar surface area (TPSA) is 202 Å². The van der Waals surface area contributed by atoms with Crippen LogP contribution in [-0.4, -0.2) is 53.1 Å². The second-order valence-corrected chi connectivity index (χ2v) is 10.7. The number of benzene rings is 3. The molecule has 208 valence electrons. The number of halogens is 1. The second kappa shape index (κ2) is 11.8. The molecule has 3 aromatic carbocycles. The first-order valence-electron chi connectivity index (χ1n) is 11.6. The zero-order valence-electron chi connectivity index (χ0n) is 20.5. The van der Waals surface area contributed by atoms with E-state index in [2.05, 4.69) is 30.6 Å². The Bertz CT molecular complexity index is 1840. The lowest BCUT2D eigenvalue weighted by atomic mass is 10.2. The van der Waals surface area contributed by atoms with Gasteiger partial charge in [-0.15, -0.1) is 0 Å². The lowest BCUT2D eigenvalue weighted by molar-refractivity contribution is -0.384. The number of aromatic nitrogens is 4. The van der Waals surface area contributed by atoms with Gasteiger partial charge in [-0.05, 0) is 30.3 Å². The van der Waals surface area contributed by atoms with E-state index < -0.39 is 9.85 Å². The predicted octanol–water partition coefficient (Wildman–Crippen LogP) is 5.37. The van der Waals surface area contributed by atoms with Crippen LogP contribution in [0.25, 0.3) is 22.1 Å². The Morgan fingerprint density at radius 1 is 0.780 bits per heavy atom. The summed E-state index contributed by atoms with van der Waals surface area (Å²) in [4.78, 5) is 60.3. The summed E-state index contributed by atoms with van der Waals surface area (Å²) >= 11 is 8.56. The molecular weight excluding hydrogens is 596 g/mol. The number of rotatable bonds is 10. The molecular formula is C24H17ClN8O6S2. The van der Waals surface area contributed by atoms with Crippen molar-refractivity contribution in [2.45, 2.75) is 10.3 Å². The maximum absolute atomic E-state index is 12.5. The first kappa shape index (κ1) is 27.9. The number of thioether (sulfide) groups is 2. The van der Waals surface area contributed by atoms with Crippen molar-refractivity contribution < 1.29 is 19.4 Å². The van der Waals surface area contributed by atoms with E-state index >= 15 is 0 Å². The number of carbonyl (C=O) groups excluding carboxylic acids is 2. The molecule has 2 amide bonds. The van der Waals surface area contributed by atoms with E-state index in [1.54, 1.807) is 12.1 Å². The number of nitrogens with one attached hydrogen (secondary N) is 4. The molecule has 17 heteroatoms. The average Bonchev–Trinajstić information content (AvgIpc) is 3.54. The van der Waals surface area contributed by atoms with Gasteiger partial charge in [0.05, 0.1) is 54.1 Å². The molecule has 4 N–H and O–H groups in total. The fourth-order valence-electron chi connectivity index (χ4n) is 3.66. The highest BCUT2D eigenvalue weighted by atomic mass is 35.5. The molecule has 14 nitrogen and oxygen atoms in total. The van der Waals surface area contributed by atoms with E-state index in [1.165, 1.54) is 42.5 Å². The molecule has 0 fully saturated rings. The minimum absolute atomic E-state index is 0.00307. The zero-order chi connectivity index (χ0) is 29.1. The summed E-state index contributed by atoms with van der Waals surface area (Å²) in [7, 11) is 0. The number of H-pyrrole nitrogens is 2. The second-order valence-electron chi connectivity index (χ2n) is 8.37. The van der Waals surface area contributed by atoms with E-state index in [0.29, 0.717) is 43.8 Å². The maximum Gasteiger partial charge on any atom is 0.271 e. The van der Waals surface area contributed by atoms with Crippen molar-refractivity contribution in [3.63, 3.8) is 0 Å². The number of aromatic amines is 2. The molecule has 0 aliphatic carbocycles. The monoisotopic (exact) mass is 612 g/mol. The lowest BCUT2D eigenvalue weighted by Gasteiger charge is -2.10. The molecule has 41 heavy (non-hydrogen) atoms. The zero-order valence-corrected chi connectivity index (χ0v) is 22.9. The molecule has 0 saturated heterocycles. The number of anilines is 2. The van der Waals surface area contributed by atoms with Crippen molar-refractivity contribution in [1.29, 1.82) is 0 Å². The molecule has 0 saturated carbocycles. The highest BCUT2D eigenvalue weighted by Crippen LogP contribution is 2.28. The van der Waals surface area contributed by atoms with Gasteiger partial charge in [0.15, 0.2) is 10.3 Å². The van der Waals surface area contributed by atoms with Gasteiger partial charge in [0.2, 0.25) is 11.8 Å². The minimum atomic E-state index is -0.499. The van der Waals surface area contributed by atoms with Crippen molar-refractivity contribution in [3.05, 3.63) is 79.8 Å². The third kappa shape index (κ3) is 6.74. The Hall–Kier alpha value is -4.67. The Morgan fingerprint density at radius 3 is 1.78 bits per heavy atom. The Labute approximate surface area is 243 Å². The predicted molar refractivity (Wildman–Crippen MR) is 156 cm³/mol. The molecule has 0 aliphatic heterocycles. The van der Waals surface area contributed by atoms with Crippen LogP contribution in [0.2, 0.25) is 5.02 Å². The van der Waals surface area contributed by atoms with Crippen LogP contribution in [0.15, 0.2) is 64.9 Å². The van der Waals surface area contributed by atoms with Crippen molar-refractivity contribution in [2.24, 2.45) is 0 Å². The van der Waals surface area contributed by atoms with E-state index in [0.717, 1.165) is 23.5 Å². The quantitative estimate of drug-likeness (QED) is 0.0901. The molecule has 2 heterocycles. The van der Waals surface area contributed by atoms with E-state index in [9.17, 15) is 29.8 Å². The van der Waals surface area contributed by atoms with Crippen LogP contribution in [0.4, 0.5) is 22.7 Å². The number of non-ortho nitro benzene ring substituents is 2. The number of nitro benzene ring substituents is 2. The van der Waals surface area contributed by atoms with Crippen LogP contribution in [0.3, 0.4) is 0 Å². The number of nitro groups is 2. The number of hydrogen-bond donors (Lipinski definition) is 4. The standard InChI is InChI=1S/C24H17ClN8O6S2/c25-15-7-12(26-21(34)10-40-23-28-17-5-2-13(32(36)37)8-19(17)30-23)1-4-16(15)27-22(35)11-41-24-29-18-6-3-14(33(38)39)9-20(18)31-24/h1-9H,10-11H2,(H,26,34)(H,27,35)(H,28,30)(H,29,31). The van der Waals surface area contributed by atoms with Gasteiger partial charge in [0, 0.05) is 30.0 Å². The molecule has 0 unspecified atom stereocenters. The average molecular weight is 613 g/mol. The molecule has 0 bridgehead atoms. The highest BCUT2D eigenvalue weighted by Gasteiger charge is 2.14. The molecule has 0 radical (unpaired) electrons. The first-order valence-corrected chi connectivity index (χ1v) is 13.9. The molecule has 5 rings (SSSR count). The molecule has 0 aliphatic rings. The minimum Gasteiger partial charge on any atom is -0.333 e.